The van der Waals surface area contributed by atoms with E-state index in [9.17, 15) is 9.59 Å². The molecule has 2 fully saturated rings. The van der Waals surface area contributed by atoms with Gasteiger partial charge in [-0.05, 0) is 26.0 Å². The molecule has 7 heteroatoms. The minimum absolute atomic E-state index is 0.00369. The van der Waals surface area contributed by atoms with Gasteiger partial charge in [0.15, 0.2) is 0 Å². The standard InChI is InChI=1S/C18H27N3O4/c1-18(2,21-5-8-24-9-6-21)13-19-17(23)14-10-16(22)20(11-14)12-15-4-3-7-25-15/h3-4,7,14H,5-6,8-13H2,1-2H3,(H,19,23). The fraction of sp³-hybridized carbons (Fsp3) is 0.667. The van der Waals surface area contributed by atoms with Gasteiger partial charge in [0.25, 0.3) is 0 Å². The van der Waals surface area contributed by atoms with Crippen molar-refractivity contribution in [2.45, 2.75) is 32.4 Å². The molecular formula is C18H27N3O4. The molecule has 0 saturated carbocycles. The summed E-state index contributed by atoms with van der Waals surface area (Å²) in [5.41, 5.74) is -0.129. The average Bonchev–Trinajstić information content (AvgIpc) is 3.24. The van der Waals surface area contributed by atoms with Crippen LogP contribution in [0.2, 0.25) is 0 Å². The van der Waals surface area contributed by atoms with Gasteiger partial charge < -0.3 is 19.4 Å². The molecular weight excluding hydrogens is 322 g/mol. The van der Waals surface area contributed by atoms with E-state index in [1.54, 1.807) is 17.2 Å². The van der Waals surface area contributed by atoms with Crippen LogP contribution < -0.4 is 5.32 Å². The Bertz CT molecular complexity index is 593. The number of ether oxygens (including phenoxy) is 1. The molecule has 1 aromatic rings. The summed E-state index contributed by atoms with van der Waals surface area (Å²) in [5.74, 6) is 0.409. The lowest BCUT2D eigenvalue weighted by atomic mass is 10.0. The van der Waals surface area contributed by atoms with E-state index in [0.717, 1.165) is 32.1 Å². The van der Waals surface area contributed by atoms with Crippen molar-refractivity contribution in [3.8, 4) is 0 Å². The predicted molar refractivity (Wildman–Crippen MR) is 91.7 cm³/mol. The SMILES string of the molecule is CC(C)(CNC(=O)C1CC(=O)N(Cc2ccco2)C1)N1CCOCC1. The molecule has 2 saturated heterocycles. The van der Waals surface area contributed by atoms with Crippen LogP contribution in [0, 0.1) is 5.92 Å². The molecule has 0 aliphatic carbocycles. The van der Waals surface area contributed by atoms with Gasteiger partial charge in [-0.3, -0.25) is 14.5 Å². The zero-order valence-electron chi connectivity index (χ0n) is 15.0. The number of nitrogens with one attached hydrogen (secondary N) is 1. The summed E-state index contributed by atoms with van der Waals surface area (Å²) in [7, 11) is 0. The fourth-order valence-corrected chi connectivity index (χ4v) is 3.42. The highest BCUT2D eigenvalue weighted by Crippen LogP contribution is 2.21. The van der Waals surface area contributed by atoms with E-state index < -0.39 is 0 Å². The van der Waals surface area contributed by atoms with E-state index >= 15 is 0 Å². The molecule has 2 amide bonds. The third-order valence-corrected chi connectivity index (χ3v) is 5.07. The van der Waals surface area contributed by atoms with Crippen molar-refractivity contribution < 1.29 is 18.7 Å². The summed E-state index contributed by atoms with van der Waals surface area (Å²) in [6, 6.07) is 3.64. The Morgan fingerprint density at radius 2 is 2.12 bits per heavy atom. The topological polar surface area (TPSA) is 75.0 Å². The van der Waals surface area contributed by atoms with Crippen LogP contribution in [0.25, 0.3) is 0 Å². The number of carbonyl (C=O) groups excluding carboxylic acids is 2. The molecule has 3 rings (SSSR count). The lowest BCUT2D eigenvalue weighted by Gasteiger charge is -2.41. The number of rotatable bonds is 6. The molecule has 0 spiro atoms. The smallest absolute Gasteiger partial charge is 0.225 e. The van der Waals surface area contributed by atoms with Crippen LogP contribution in [0.3, 0.4) is 0 Å². The molecule has 2 aliphatic rings. The van der Waals surface area contributed by atoms with Crippen LogP contribution in [0.5, 0.6) is 0 Å². The summed E-state index contributed by atoms with van der Waals surface area (Å²) < 4.78 is 10.7. The first-order chi connectivity index (χ1) is 12.0. The van der Waals surface area contributed by atoms with E-state index in [4.69, 9.17) is 9.15 Å². The molecule has 1 atom stereocenters. The summed E-state index contributed by atoms with van der Waals surface area (Å²) >= 11 is 0. The number of amides is 2. The Morgan fingerprint density at radius 3 is 2.80 bits per heavy atom. The Hall–Kier alpha value is -1.86. The molecule has 1 aromatic heterocycles. The number of likely N-dealkylation sites (tertiary alicyclic amines) is 1. The zero-order chi connectivity index (χ0) is 17.9. The highest BCUT2D eigenvalue weighted by Gasteiger charge is 2.36. The van der Waals surface area contributed by atoms with Gasteiger partial charge in [0.05, 0.1) is 31.9 Å². The van der Waals surface area contributed by atoms with Crippen molar-refractivity contribution in [1.82, 2.24) is 15.1 Å². The van der Waals surface area contributed by atoms with Gasteiger partial charge in [-0.1, -0.05) is 0 Å². The molecule has 3 heterocycles. The quantitative estimate of drug-likeness (QED) is 0.824. The van der Waals surface area contributed by atoms with E-state index in [1.807, 2.05) is 6.07 Å². The van der Waals surface area contributed by atoms with E-state index in [-0.39, 0.29) is 29.7 Å². The first-order valence-electron chi connectivity index (χ1n) is 8.86. The maximum absolute atomic E-state index is 12.5. The molecule has 0 aromatic carbocycles. The third-order valence-electron chi connectivity index (χ3n) is 5.07. The van der Waals surface area contributed by atoms with Crippen LogP contribution in [0.1, 0.15) is 26.0 Å². The molecule has 1 unspecified atom stereocenters. The molecule has 7 nitrogen and oxygen atoms in total. The van der Waals surface area contributed by atoms with Gasteiger partial charge in [-0.2, -0.15) is 0 Å². The number of hydrogen-bond acceptors (Lipinski definition) is 5. The van der Waals surface area contributed by atoms with Gasteiger partial charge in [0.2, 0.25) is 11.8 Å². The van der Waals surface area contributed by atoms with Crippen LogP contribution in [-0.2, 0) is 20.9 Å². The van der Waals surface area contributed by atoms with Gasteiger partial charge in [-0.25, -0.2) is 0 Å². The van der Waals surface area contributed by atoms with Crippen molar-refractivity contribution in [3.05, 3.63) is 24.2 Å². The highest BCUT2D eigenvalue weighted by atomic mass is 16.5. The van der Waals surface area contributed by atoms with Gasteiger partial charge in [-0.15, -0.1) is 0 Å². The molecule has 0 bridgehead atoms. The van der Waals surface area contributed by atoms with E-state index in [0.29, 0.717) is 19.6 Å². The fourth-order valence-electron chi connectivity index (χ4n) is 3.42. The van der Waals surface area contributed by atoms with Crippen LogP contribution in [0.15, 0.2) is 22.8 Å². The van der Waals surface area contributed by atoms with Crippen molar-refractivity contribution in [2.24, 2.45) is 5.92 Å². The van der Waals surface area contributed by atoms with Gasteiger partial charge in [0.1, 0.15) is 5.76 Å². The summed E-state index contributed by atoms with van der Waals surface area (Å²) in [6.07, 6.45) is 1.86. The highest BCUT2D eigenvalue weighted by molar-refractivity contribution is 5.89. The summed E-state index contributed by atoms with van der Waals surface area (Å²) in [5, 5.41) is 3.04. The maximum Gasteiger partial charge on any atom is 0.225 e. The average molecular weight is 349 g/mol. The second-order valence-corrected chi connectivity index (χ2v) is 7.38. The number of furan rings is 1. The van der Waals surface area contributed by atoms with Gasteiger partial charge >= 0.3 is 0 Å². The first kappa shape index (κ1) is 17.9. The molecule has 2 aliphatic heterocycles. The first-order valence-corrected chi connectivity index (χ1v) is 8.86. The second-order valence-electron chi connectivity index (χ2n) is 7.38. The Balaban J connectivity index is 1.49. The minimum Gasteiger partial charge on any atom is -0.467 e. The van der Waals surface area contributed by atoms with Crippen molar-refractivity contribution in [2.75, 3.05) is 39.4 Å². The molecule has 138 valence electrons. The summed E-state index contributed by atoms with van der Waals surface area (Å²) in [6.45, 7) is 8.91. The predicted octanol–water partition coefficient (Wildman–Crippen LogP) is 0.855. The lowest BCUT2D eigenvalue weighted by molar-refractivity contribution is -0.129. The second kappa shape index (κ2) is 7.58. The third kappa shape index (κ3) is 4.41. The van der Waals surface area contributed by atoms with Crippen molar-refractivity contribution >= 4 is 11.8 Å². The largest absolute Gasteiger partial charge is 0.467 e. The van der Waals surface area contributed by atoms with E-state index in [1.165, 1.54) is 0 Å². The number of carbonyl (C=O) groups is 2. The molecule has 1 N–H and O–H groups in total. The normalized spacial score (nSPS) is 22.4. The van der Waals surface area contributed by atoms with E-state index in [2.05, 4.69) is 24.1 Å². The van der Waals surface area contributed by atoms with Crippen molar-refractivity contribution in [1.29, 1.82) is 0 Å². The summed E-state index contributed by atoms with van der Waals surface area (Å²) in [4.78, 5) is 28.7. The van der Waals surface area contributed by atoms with Crippen LogP contribution in [-0.4, -0.2) is 66.5 Å². The zero-order valence-corrected chi connectivity index (χ0v) is 15.0. The lowest BCUT2D eigenvalue weighted by Crippen LogP contribution is -2.55. The Labute approximate surface area is 148 Å². The van der Waals surface area contributed by atoms with Gasteiger partial charge in [0, 0.05) is 38.1 Å². The Kier molecular flexibility index (Phi) is 5.44. The van der Waals surface area contributed by atoms with Crippen LogP contribution >= 0.6 is 0 Å². The minimum atomic E-state index is -0.289. The number of hydrogen-bond donors (Lipinski definition) is 1. The number of nitrogens with zero attached hydrogens (tertiary/aromatic N) is 2. The molecule has 25 heavy (non-hydrogen) atoms. The van der Waals surface area contributed by atoms with Crippen LogP contribution in [0.4, 0.5) is 0 Å². The molecule has 0 radical (unpaired) electrons. The monoisotopic (exact) mass is 349 g/mol. The number of morpholine rings is 1. The van der Waals surface area contributed by atoms with Crippen molar-refractivity contribution in [3.63, 3.8) is 0 Å². The Morgan fingerprint density at radius 1 is 1.36 bits per heavy atom. The maximum atomic E-state index is 12.5.